The summed E-state index contributed by atoms with van der Waals surface area (Å²) in [7, 11) is 0. The minimum Gasteiger partial charge on any atom is -0.395 e. The van der Waals surface area contributed by atoms with Crippen LogP contribution < -0.4 is 5.73 Å². The van der Waals surface area contributed by atoms with Gasteiger partial charge in [0.15, 0.2) is 5.78 Å². The number of rotatable bonds is 0. The van der Waals surface area contributed by atoms with Crippen LogP contribution in [0.1, 0.15) is 33.3 Å². The number of hydrogen-bond donors (Lipinski definition) is 1. The molecular formula is C11H10N2O2. The Morgan fingerprint density at radius 2 is 1.87 bits per heavy atom. The molecule has 0 aromatic carbocycles. The Labute approximate surface area is 86.8 Å². The van der Waals surface area contributed by atoms with Gasteiger partial charge in [-0.25, -0.2) is 0 Å². The summed E-state index contributed by atoms with van der Waals surface area (Å²) in [5.74, 6) is -0.486. The van der Waals surface area contributed by atoms with Gasteiger partial charge in [0.05, 0.1) is 11.3 Å². The number of nitrogens with two attached hydrogens (primary N) is 1. The molecule has 0 amide bonds. The zero-order chi connectivity index (χ0) is 11.2. The first-order chi connectivity index (χ1) is 7.04. The van der Waals surface area contributed by atoms with E-state index in [4.69, 9.17) is 5.73 Å². The van der Waals surface area contributed by atoms with Gasteiger partial charge in [0.25, 0.3) is 0 Å². The molecule has 0 bridgehead atoms. The van der Waals surface area contributed by atoms with E-state index < -0.39 is 0 Å². The molecule has 0 saturated carbocycles. The number of carbonyl (C=O) groups is 2. The molecule has 15 heavy (non-hydrogen) atoms. The van der Waals surface area contributed by atoms with Crippen molar-refractivity contribution in [2.24, 2.45) is 5.73 Å². The van der Waals surface area contributed by atoms with E-state index in [1.165, 1.54) is 6.20 Å². The van der Waals surface area contributed by atoms with Crippen molar-refractivity contribution in [3.05, 3.63) is 40.4 Å². The van der Waals surface area contributed by atoms with Gasteiger partial charge in [-0.3, -0.25) is 14.6 Å². The summed E-state index contributed by atoms with van der Waals surface area (Å²) in [4.78, 5) is 27.6. The first-order valence-electron chi connectivity index (χ1n) is 4.55. The largest absolute Gasteiger partial charge is 0.395 e. The Bertz CT molecular complexity index is 515. The quantitative estimate of drug-likeness (QED) is 0.681. The van der Waals surface area contributed by atoms with Crippen molar-refractivity contribution >= 4 is 11.6 Å². The van der Waals surface area contributed by atoms with Gasteiger partial charge in [-0.2, -0.15) is 0 Å². The van der Waals surface area contributed by atoms with Gasteiger partial charge in [-0.1, -0.05) is 0 Å². The van der Waals surface area contributed by atoms with E-state index in [0.29, 0.717) is 22.4 Å². The Morgan fingerprint density at radius 3 is 2.53 bits per heavy atom. The van der Waals surface area contributed by atoms with E-state index in [9.17, 15) is 9.59 Å². The zero-order valence-corrected chi connectivity index (χ0v) is 8.50. The molecule has 4 nitrogen and oxygen atoms in total. The summed E-state index contributed by atoms with van der Waals surface area (Å²) in [5, 5.41) is 0. The van der Waals surface area contributed by atoms with Gasteiger partial charge < -0.3 is 5.73 Å². The minimum atomic E-state index is -0.298. The van der Waals surface area contributed by atoms with Crippen molar-refractivity contribution in [2.45, 2.75) is 13.8 Å². The van der Waals surface area contributed by atoms with Crippen molar-refractivity contribution in [3.63, 3.8) is 0 Å². The maximum atomic E-state index is 11.8. The molecule has 0 fully saturated rings. The third-order valence-corrected chi connectivity index (χ3v) is 2.60. The predicted molar refractivity (Wildman–Crippen MR) is 54.5 cm³/mol. The monoisotopic (exact) mass is 202 g/mol. The molecule has 1 aliphatic carbocycles. The first-order valence-corrected chi connectivity index (χ1v) is 4.55. The highest BCUT2D eigenvalue weighted by Crippen LogP contribution is 2.24. The number of allylic oxidation sites excluding steroid dienone is 2. The molecule has 1 aromatic heterocycles. The molecule has 0 radical (unpaired) electrons. The van der Waals surface area contributed by atoms with Crippen LogP contribution in [0.25, 0.3) is 0 Å². The van der Waals surface area contributed by atoms with Crippen LogP contribution in [-0.2, 0) is 0 Å². The minimum absolute atomic E-state index is 0.0311. The number of aryl methyl sites for hydroxylation is 1. The van der Waals surface area contributed by atoms with Crippen LogP contribution in [0.5, 0.6) is 0 Å². The third kappa shape index (κ3) is 1.18. The van der Waals surface area contributed by atoms with Crippen LogP contribution in [0.2, 0.25) is 0 Å². The highest BCUT2D eigenvalue weighted by Gasteiger charge is 2.29. The van der Waals surface area contributed by atoms with E-state index in [1.807, 2.05) is 0 Å². The number of nitrogens with zero attached hydrogens (tertiary/aromatic N) is 1. The van der Waals surface area contributed by atoms with Gasteiger partial charge in [0.1, 0.15) is 0 Å². The Morgan fingerprint density at radius 1 is 1.20 bits per heavy atom. The summed E-state index contributed by atoms with van der Waals surface area (Å²) >= 11 is 0. The van der Waals surface area contributed by atoms with Crippen molar-refractivity contribution < 1.29 is 9.59 Å². The maximum absolute atomic E-state index is 11.8. The number of fused-ring (bicyclic) bond motifs is 1. The lowest BCUT2D eigenvalue weighted by molar-refractivity contribution is 0.0972. The topological polar surface area (TPSA) is 73.1 Å². The lowest BCUT2D eigenvalue weighted by atomic mass is 9.88. The second kappa shape index (κ2) is 3.02. The lowest BCUT2D eigenvalue weighted by Gasteiger charge is -2.17. The Hall–Kier alpha value is -1.97. The maximum Gasteiger partial charge on any atom is 0.211 e. The third-order valence-electron chi connectivity index (χ3n) is 2.60. The number of Topliss-reactive ketones (excluding diaryl/α,β-unsaturated/α-hetero) is 2. The normalized spacial score (nSPS) is 15.6. The van der Waals surface area contributed by atoms with Gasteiger partial charge >= 0.3 is 0 Å². The Balaban J connectivity index is 2.79. The zero-order valence-electron chi connectivity index (χ0n) is 8.50. The molecule has 0 aliphatic heterocycles. The van der Waals surface area contributed by atoms with E-state index in [1.54, 1.807) is 19.9 Å². The number of hydrogen-bond acceptors (Lipinski definition) is 4. The summed E-state index contributed by atoms with van der Waals surface area (Å²) in [6, 6.07) is 1.55. The molecule has 2 N–H and O–H groups in total. The highest BCUT2D eigenvalue weighted by atomic mass is 16.1. The van der Waals surface area contributed by atoms with Gasteiger partial charge in [-0.05, 0) is 19.9 Å². The van der Waals surface area contributed by atoms with E-state index >= 15 is 0 Å². The summed E-state index contributed by atoms with van der Waals surface area (Å²) in [6.07, 6.45) is 1.52. The standard InChI is InChI=1S/C11H10N2O2/c1-5-9(12)11(15)8-6(2)13-4-3-7(8)10(5)14/h3-4H,12H2,1-2H3. The number of aromatic nitrogens is 1. The number of ketones is 2. The van der Waals surface area contributed by atoms with Crippen LogP contribution in [0.15, 0.2) is 23.5 Å². The molecule has 1 aromatic rings. The van der Waals surface area contributed by atoms with Gasteiger partial charge in [0.2, 0.25) is 5.78 Å². The summed E-state index contributed by atoms with van der Waals surface area (Å²) in [5.41, 5.74) is 7.21. The number of pyridine rings is 1. The number of carbonyl (C=O) groups excluding carboxylic acids is 2. The van der Waals surface area contributed by atoms with Crippen LogP contribution in [0.3, 0.4) is 0 Å². The molecule has 4 heteroatoms. The summed E-state index contributed by atoms with van der Waals surface area (Å²) in [6.45, 7) is 3.26. The van der Waals surface area contributed by atoms with Crippen LogP contribution in [-0.4, -0.2) is 16.6 Å². The molecule has 0 saturated heterocycles. The molecular weight excluding hydrogens is 192 g/mol. The fourth-order valence-corrected chi connectivity index (χ4v) is 1.67. The molecule has 0 atom stereocenters. The van der Waals surface area contributed by atoms with Crippen molar-refractivity contribution in [1.29, 1.82) is 0 Å². The molecule has 1 aliphatic rings. The average molecular weight is 202 g/mol. The first kappa shape index (κ1) is 9.58. The Kier molecular flexibility index (Phi) is 1.93. The van der Waals surface area contributed by atoms with Crippen LogP contribution >= 0.6 is 0 Å². The molecule has 0 spiro atoms. The smallest absolute Gasteiger partial charge is 0.211 e. The molecule has 76 valence electrons. The second-order valence-electron chi connectivity index (χ2n) is 3.52. The SMILES string of the molecule is CC1=C(N)C(=O)c2c(ccnc2C)C1=O. The molecule has 1 heterocycles. The van der Waals surface area contributed by atoms with Crippen LogP contribution in [0.4, 0.5) is 0 Å². The van der Waals surface area contributed by atoms with E-state index in [0.717, 1.165) is 0 Å². The fourth-order valence-electron chi connectivity index (χ4n) is 1.67. The van der Waals surface area contributed by atoms with E-state index in [2.05, 4.69) is 4.98 Å². The summed E-state index contributed by atoms with van der Waals surface area (Å²) < 4.78 is 0. The molecule has 2 rings (SSSR count). The molecule has 0 unspecified atom stereocenters. The van der Waals surface area contributed by atoms with E-state index in [-0.39, 0.29) is 17.3 Å². The fraction of sp³-hybridized carbons (Fsp3) is 0.182. The van der Waals surface area contributed by atoms with Gasteiger partial charge in [-0.15, -0.1) is 0 Å². The second-order valence-corrected chi connectivity index (χ2v) is 3.52. The van der Waals surface area contributed by atoms with Crippen molar-refractivity contribution in [1.82, 2.24) is 4.98 Å². The van der Waals surface area contributed by atoms with Crippen molar-refractivity contribution in [2.75, 3.05) is 0 Å². The van der Waals surface area contributed by atoms with Crippen molar-refractivity contribution in [3.8, 4) is 0 Å². The highest BCUT2D eigenvalue weighted by molar-refractivity contribution is 6.26. The predicted octanol–water partition coefficient (Wildman–Crippen LogP) is 1.00. The lowest BCUT2D eigenvalue weighted by Crippen LogP contribution is -2.26. The van der Waals surface area contributed by atoms with Crippen LogP contribution in [0, 0.1) is 6.92 Å². The van der Waals surface area contributed by atoms with Gasteiger partial charge in [0, 0.05) is 23.0 Å². The average Bonchev–Trinajstić information content (AvgIpc) is 2.23.